The van der Waals surface area contributed by atoms with E-state index in [2.05, 4.69) is 4.74 Å². The number of hydrogen-bond donors (Lipinski definition) is 1. The van der Waals surface area contributed by atoms with E-state index in [-0.39, 0.29) is 23.1 Å². The second-order valence-corrected chi connectivity index (χ2v) is 3.51. The predicted octanol–water partition coefficient (Wildman–Crippen LogP) is 1.81. The number of carbonyl (C=O) groups excluding carboxylic acids is 1. The van der Waals surface area contributed by atoms with E-state index in [1.165, 1.54) is 6.07 Å². The molecule has 18 heavy (non-hydrogen) atoms. The fourth-order valence-electron chi connectivity index (χ4n) is 1.48. The Labute approximate surface area is 100 Å². The maximum Gasteiger partial charge on any atom is 0.351 e. The van der Waals surface area contributed by atoms with Gasteiger partial charge in [0.05, 0.1) is 6.61 Å². The van der Waals surface area contributed by atoms with Crippen molar-refractivity contribution in [2.45, 2.75) is 6.92 Å². The molecular weight excluding hydrogens is 243 g/mol. The molecule has 0 amide bonds. The summed E-state index contributed by atoms with van der Waals surface area (Å²) in [5.74, 6) is -2.33. The van der Waals surface area contributed by atoms with Crippen LogP contribution in [0, 0.1) is 5.82 Å². The molecular formula is C12H9FO5. The molecule has 94 valence electrons. The van der Waals surface area contributed by atoms with Crippen LogP contribution in [0.2, 0.25) is 0 Å². The molecule has 0 atom stereocenters. The summed E-state index contributed by atoms with van der Waals surface area (Å²) in [5.41, 5.74) is -1.21. The summed E-state index contributed by atoms with van der Waals surface area (Å²) in [6.07, 6.45) is 0. The number of rotatable bonds is 2. The molecule has 0 saturated heterocycles. The lowest BCUT2D eigenvalue weighted by atomic mass is 10.1. The van der Waals surface area contributed by atoms with Crippen molar-refractivity contribution >= 4 is 16.9 Å². The third-order valence-electron chi connectivity index (χ3n) is 2.30. The van der Waals surface area contributed by atoms with Gasteiger partial charge in [-0.05, 0) is 19.1 Å². The SMILES string of the molecule is CCOC(=O)c1cc2cc(F)c(O)cc2oc1=O. The Hall–Kier alpha value is -2.37. The van der Waals surface area contributed by atoms with Gasteiger partial charge in [0.15, 0.2) is 11.6 Å². The Bertz CT molecular complexity index is 674. The summed E-state index contributed by atoms with van der Waals surface area (Å²) >= 11 is 0. The van der Waals surface area contributed by atoms with E-state index >= 15 is 0 Å². The highest BCUT2D eigenvalue weighted by atomic mass is 19.1. The topological polar surface area (TPSA) is 76.7 Å². The molecule has 1 aromatic carbocycles. The lowest BCUT2D eigenvalue weighted by Gasteiger charge is -2.03. The summed E-state index contributed by atoms with van der Waals surface area (Å²) in [5, 5.41) is 9.33. The van der Waals surface area contributed by atoms with Gasteiger partial charge in [-0.1, -0.05) is 0 Å². The zero-order valence-corrected chi connectivity index (χ0v) is 9.40. The molecule has 2 rings (SSSR count). The van der Waals surface area contributed by atoms with Crippen LogP contribution >= 0.6 is 0 Å². The van der Waals surface area contributed by atoms with Crippen LogP contribution < -0.4 is 5.63 Å². The fraction of sp³-hybridized carbons (Fsp3) is 0.167. The lowest BCUT2D eigenvalue weighted by Crippen LogP contribution is -2.16. The van der Waals surface area contributed by atoms with E-state index in [1.807, 2.05) is 0 Å². The van der Waals surface area contributed by atoms with Gasteiger partial charge in [0.1, 0.15) is 11.1 Å². The van der Waals surface area contributed by atoms with E-state index in [4.69, 9.17) is 9.52 Å². The van der Waals surface area contributed by atoms with Gasteiger partial charge in [-0.2, -0.15) is 0 Å². The van der Waals surface area contributed by atoms with E-state index in [0.717, 1.165) is 12.1 Å². The molecule has 0 spiro atoms. The lowest BCUT2D eigenvalue weighted by molar-refractivity contribution is 0.0522. The van der Waals surface area contributed by atoms with Crippen LogP contribution in [0.15, 0.2) is 27.4 Å². The highest BCUT2D eigenvalue weighted by Gasteiger charge is 2.15. The molecule has 1 heterocycles. The monoisotopic (exact) mass is 252 g/mol. The predicted molar refractivity (Wildman–Crippen MR) is 60.1 cm³/mol. The molecule has 1 N–H and O–H groups in total. The quantitative estimate of drug-likeness (QED) is 0.651. The molecule has 5 nitrogen and oxygen atoms in total. The van der Waals surface area contributed by atoms with E-state index in [1.54, 1.807) is 6.92 Å². The van der Waals surface area contributed by atoms with Crippen LogP contribution in [0.1, 0.15) is 17.3 Å². The van der Waals surface area contributed by atoms with Gasteiger partial charge in [-0.25, -0.2) is 14.0 Å². The smallest absolute Gasteiger partial charge is 0.351 e. The molecule has 0 aliphatic carbocycles. The third-order valence-corrected chi connectivity index (χ3v) is 2.30. The standard InChI is InChI=1S/C12H9FO5/c1-2-17-11(15)7-3-6-4-8(13)9(14)5-10(6)18-12(7)16/h3-5,14H,2H2,1H3. The van der Waals surface area contributed by atoms with Crippen LogP contribution in [0.4, 0.5) is 4.39 Å². The van der Waals surface area contributed by atoms with Crippen molar-refractivity contribution in [2.24, 2.45) is 0 Å². The summed E-state index contributed by atoms with van der Waals surface area (Å²) in [4.78, 5) is 22.9. The highest BCUT2D eigenvalue weighted by molar-refractivity contribution is 5.93. The van der Waals surface area contributed by atoms with Crippen molar-refractivity contribution in [1.29, 1.82) is 0 Å². The minimum atomic E-state index is -0.896. The number of phenolic OH excluding ortho intramolecular Hbond substituents is 1. The molecule has 0 radical (unpaired) electrons. The van der Waals surface area contributed by atoms with E-state index in [9.17, 15) is 14.0 Å². The number of phenols is 1. The summed E-state index contributed by atoms with van der Waals surface area (Å²) < 4.78 is 22.6. The minimum Gasteiger partial charge on any atom is -0.505 e. The van der Waals surface area contributed by atoms with Crippen LogP contribution in [0.25, 0.3) is 11.0 Å². The fourth-order valence-corrected chi connectivity index (χ4v) is 1.48. The minimum absolute atomic E-state index is 0.00746. The van der Waals surface area contributed by atoms with Crippen molar-refractivity contribution in [3.63, 3.8) is 0 Å². The number of esters is 1. The largest absolute Gasteiger partial charge is 0.505 e. The molecule has 0 bridgehead atoms. The van der Waals surface area contributed by atoms with Gasteiger partial charge in [0.25, 0.3) is 0 Å². The van der Waals surface area contributed by atoms with Gasteiger partial charge in [-0.3, -0.25) is 0 Å². The Kier molecular flexibility index (Phi) is 3.01. The molecule has 0 aliphatic rings. The molecule has 0 aliphatic heterocycles. The number of carbonyl (C=O) groups is 1. The van der Waals surface area contributed by atoms with Gasteiger partial charge in [0, 0.05) is 11.5 Å². The first kappa shape index (κ1) is 12.1. The average Bonchev–Trinajstić information content (AvgIpc) is 2.31. The molecule has 2 aromatic rings. The number of fused-ring (bicyclic) bond motifs is 1. The zero-order chi connectivity index (χ0) is 13.3. The number of aromatic hydroxyl groups is 1. The second kappa shape index (κ2) is 4.48. The molecule has 0 saturated carbocycles. The van der Waals surface area contributed by atoms with Crippen molar-refractivity contribution in [2.75, 3.05) is 6.61 Å². The van der Waals surface area contributed by atoms with E-state index < -0.39 is 23.2 Å². The average molecular weight is 252 g/mol. The zero-order valence-electron chi connectivity index (χ0n) is 9.40. The number of hydrogen-bond acceptors (Lipinski definition) is 5. The number of ether oxygens (including phenoxy) is 1. The Morgan fingerprint density at radius 2 is 2.17 bits per heavy atom. The van der Waals surface area contributed by atoms with Crippen molar-refractivity contribution in [3.05, 3.63) is 40.0 Å². The van der Waals surface area contributed by atoms with Gasteiger partial charge in [0.2, 0.25) is 0 Å². The first-order chi connectivity index (χ1) is 8.52. The van der Waals surface area contributed by atoms with Crippen LogP contribution in [0.5, 0.6) is 5.75 Å². The number of halogens is 1. The van der Waals surface area contributed by atoms with Crippen molar-refractivity contribution < 1.29 is 23.4 Å². The summed E-state index contributed by atoms with van der Waals surface area (Å²) in [6.45, 7) is 1.71. The summed E-state index contributed by atoms with van der Waals surface area (Å²) in [7, 11) is 0. The number of benzene rings is 1. The first-order valence-electron chi connectivity index (χ1n) is 5.16. The van der Waals surface area contributed by atoms with Crippen LogP contribution in [-0.4, -0.2) is 17.7 Å². The molecule has 6 heteroatoms. The van der Waals surface area contributed by atoms with Gasteiger partial charge in [-0.15, -0.1) is 0 Å². The molecule has 1 aromatic heterocycles. The summed E-state index contributed by atoms with van der Waals surface area (Å²) in [6, 6.07) is 3.11. The Morgan fingerprint density at radius 1 is 1.44 bits per heavy atom. The maximum atomic E-state index is 13.1. The third kappa shape index (κ3) is 2.04. The first-order valence-corrected chi connectivity index (χ1v) is 5.16. The molecule has 0 fully saturated rings. The van der Waals surface area contributed by atoms with Crippen molar-refractivity contribution in [1.82, 2.24) is 0 Å². The van der Waals surface area contributed by atoms with Crippen LogP contribution in [0.3, 0.4) is 0 Å². The van der Waals surface area contributed by atoms with Gasteiger partial charge < -0.3 is 14.3 Å². The second-order valence-electron chi connectivity index (χ2n) is 3.51. The Morgan fingerprint density at radius 3 is 2.83 bits per heavy atom. The maximum absolute atomic E-state index is 13.1. The van der Waals surface area contributed by atoms with Crippen LogP contribution in [-0.2, 0) is 4.74 Å². The van der Waals surface area contributed by atoms with Crippen molar-refractivity contribution in [3.8, 4) is 5.75 Å². The Balaban J connectivity index is 2.65. The normalized spacial score (nSPS) is 10.6. The highest BCUT2D eigenvalue weighted by Crippen LogP contribution is 2.23. The van der Waals surface area contributed by atoms with E-state index in [0.29, 0.717) is 0 Å². The molecule has 0 unspecified atom stereocenters. The van der Waals surface area contributed by atoms with Gasteiger partial charge >= 0.3 is 11.6 Å².